The predicted octanol–water partition coefficient (Wildman–Crippen LogP) is 7.08. The Balaban J connectivity index is 1.31. The van der Waals surface area contributed by atoms with Crippen LogP contribution in [0.4, 0.5) is 13.2 Å². The van der Waals surface area contributed by atoms with Gasteiger partial charge < -0.3 is 9.84 Å². The fraction of sp³-hybridized carbons (Fsp3) is 0.621. The third-order valence-corrected chi connectivity index (χ3v) is 8.89. The molecule has 3 fully saturated rings. The number of carboxylic acid groups (broad SMARTS) is 1. The Labute approximate surface area is 210 Å². The number of fused-ring (bicyclic) bond motifs is 3. The van der Waals surface area contributed by atoms with Crippen LogP contribution in [-0.2, 0) is 17.4 Å². The molecule has 2 heterocycles. The molecule has 2 bridgehead atoms. The molecular formula is C29H36F3NO3. The Hall–Kier alpha value is -2.28. The maximum Gasteiger partial charge on any atom is 0.420 e. The van der Waals surface area contributed by atoms with E-state index in [0.29, 0.717) is 36.2 Å². The molecule has 36 heavy (non-hydrogen) atoms. The molecule has 2 saturated heterocycles. The van der Waals surface area contributed by atoms with E-state index in [2.05, 4.69) is 11.8 Å². The number of halogens is 3. The number of alkyl halides is 3. The van der Waals surface area contributed by atoms with Crippen LogP contribution in [-0.4, -0.2) is 40.7 Å². The summed E-state index contributed by atoms with van der Waals surface area (Å²) < 4.78 is 48.5. The lowest BCUT2D eigenvalue weighted by molar-refractivity contribution is -0.144. The maximum absolute atomic E-state index is 14.2. The van der Waals surface area contributed by atoms with Gasteiger partial charge in [-0.1, -0.05) is 37.6 Å². The molecule has 0 amide bonds. The average molecular weight is 504 g/mol. The third kappa shape index (κ3) is 5.22. The van der Waals surface area contributed by atoms with Crippen molar-refractivity contribution in [3.05, 3.63) is 41.5 Å². The van der Waals surface area contributed by atoms with Gasteiger partial charge in [-0.05, 0) is 86.1 Å². The summed E-state index contributed by atoms with van der Waals surface area (Å²) in [5, 5.41) is 10.2. The zero-order valence-electron chi connectivity index (χ0n) is 20.9. The van der Waals surface area contributed by atoms with Crippen LogP contribution in [0.25, 0.3) is 10.8 Å². The van der Waals surface area contributed by atoms with Crippen molar-refractivity contribution in [2.45, 2.75) is 95.5 Å². The number of hydrogen-bond donors (Lipinski definition) is 1. The standard InChI is InChI=1S/C29H36F3NO3/c1-2-18-3-9-24(10-4-18)36-26-12-6-20-15-19(5-11-25(20)27(26)29(30,31)32)13-14-33-22-7-8-23(33)17-21(16-22)28(34)35/h5-6,11-12,15,18,21-24H,2-4,7-10,13-14,16-17H2,1H3,(H,34,35)/t18?,21?,22-,23?,24?/m0/s1. The van der Waals surface area contributed by atoms with Gasteiger partial charge in [0, 0.05) is 18.6 Å². The lowest BCUT2D eigenvalue weighted by atomic mass is 9.86. The molecule has 2 aliphatic heterocycles. The van der Waals surface area contributed by atoms with Gasteiger partial charge >= 0.3 is 12.1 Å². The molecule has 4 nitrogen and oxygen atoms in total. The van der Waals surface area contributed by atoms with Crippen molar-refractivity contribution in [2.75, 3.05) is 6.54 Å². The molecule has 3 aliphatic rings. The smallest absolute Gasteiger partial charge is 0.420 e. The molecule has 7 heteroatoms. The van der Waals surface area contributed by atoms with Crippen LogP contribution < -0.4 is 4.74 Å². The zero-order valence-corrected chi connectivity index (χ0v) is 20.9. The van der Waals surface area contributed by atoms with E-state index in [4.69, 9.17) is 4.74 Å². The van der Waals surface area contributed by atoms with Crippen LogP contribution in [0.3, 0.4) is 0 Å². The van der Waals surface area contributed by atoms with Gasteiger partial charge in [-0.25, -0.2) is 0 Å². The summed E-state index contributed by atoms with van der Waals surface area (Å²) in [7, 11) is 0. The van der Waals surface area contributed by atoms with Gasteiger partial charge in [0.15, 0.2) is 0 Å². The first kappa shape index (κ1) is 25.4. The van der Waals surface area contributed by atoms with Gasteiger partial charge in [0.1, 0.15) is 11.3 Å². The largest absolute Gasteiger partial charge is 0.490 e. The molecule has 196 valence electrons. The normalized spacial score (nSPS) is 28.9. The molecule has 5 rings (SSSR count). The van der Waals surface area contributed by atoms with Crippen LogP contribution in [0.2, 0.25) is 0 Å². The van der Waals surface area contributed by atoms with E-state index in [1.807, 2.05) is 6.07 Å². The second kappa shape index (κ2) is 10.2. The quantitative estimate of drug-likeness (QED) is 0.439. The minimum Gasteiger partial charge on any atom is -0.490 e. The summed E-state index contributed by atoms with van der Waals surface area (Å²) >= 11 is 0. The summed E-state index contributed by atoms with van der Waals surface area (Å²) in [6.45, 7) is 2.97. The van der Waals surface area contributed by atoms with Crippen LogP contribution >= 0.6 is 0 Å². The number of ether oxygens (including phenoxy) is 1. The lowest BCUT2D eigenvalue weighted by Gasteiger charge is -2.37. The number of piperidine rings is 1. The number of benzene rings is 2. The number of carbonyl (C=O) groups is 1. The van der Waals surface area contributed by atoms with E-state index in [9.17, 15) is 23.1 Å². The second-order valence-corrected chi connectivity index (χ2v) is 11.0. The first-order valence-corrected chi connectivity index (χ1v) is 13.5. The summed E-state index contributed by atoms with van der Waals surface area (Å²) in [6.07, 6.45) is 4.27. The van der Waals surface area contributed by atoms with Gasteiger partial charge in [0.2, 0.25) is 0 Å². The van der Waals surface area contributed by atoms with Crippen molar-refractivity contribution >= 4 is 16.7 Å². The van der Waals surface area contributed by atoms with Crippen molar-refractivity contribution in [3.8, 4) is 5.75 Å². The van der Waals surface area contributed by atoms with E-state index in [1.54, 1.807) is 18.2 Å². The van der Waals surface area contributed by atoms with Gasteiger partial charge in [-0.2, -0.15) is 13.2 Å². The van der Waals surface area contributed by atoms with E-state index in [-0.39, 0.29) is 23.2 Å². The van der Waals surface area contributed by atoms with Crippen molar-refractivity contribution in [2.24, 2.45) is 11.8 Å². The van der Waals surface area contributed by atoms with Gasteiger partial charge in [0.05, 0.1) is 12.0 Å². The molecule has 2 unspecified atom stereocenters. The molecule has 0 spiro atoms. The molecule has 1 N–H and O–H groups in total. The van der Waals surface area contributed by atoms with Crippen LogP contribution in [0.5, 0.6) is 5.75 Å². The number of nitrogens with zero attached hydrogens (tertiary/aromatic N) is 1. The number of aliphatic carboxylic acids is 1. The second-order valence-electron chi connectivity index (χ2n) is 11.0. The Morgan fingerprint density at radius 3 is 2.33 bits per heavy atom. The summed E-state index contributed by atoms with van der Waals surface area (Å²) in [4.78, 5) is 13.9. The first-order chi connectivity index (χ1) is 17.2. The SMILES string of the molecule is CCC1CCC(Oc2ccc3cc(CCN4C5CC[C@H]4CC(C(=O)O)C5)ccc3c2C(F)(F)F)CC1. The molecule has 1 aliphatic carbocycles. The predicted molar refractivity (Wildman–Crippen MR) is 133 cm³/mol. The van der Waals surface area contributed by atoms with Gasteiger partial charge in [0.25, 0.3) is 0 Å². The number of hydrogen-bond acceptors (Lipinski definition) is 3. The first-order valence-electron chi connectivity index (χ1n) is 13.5. The zero-order chi connectivity index (χ0) is 25.4. The van der Waals surface area contributed by atoms with Crippen molar-refractivity contribution in [1.82, 2.24) is 4.90 Å². The Bertz CT molecular complexity index is 1080. The van der Waals surface area contributed by atoms with E-state index >= 15 is 0 Å². The molecule has 2 aromatic carbocycles. The molecule has 3 atom stereocenters. The molecule has 2 aromatic rings. The number of rotatable bonds is 7. The lowest BCUT2D eigenvalue weighted by Crippen LogP contribution is -2.45. The minimum atomic E-state index is -4.50. The van der Waals surface area contributed by atoms with E-state index in [1.165, 1.54) is 6.07 Å². The van der Waals surface area contributed by atoms with E-state index in [0.717, 1.165) is 63.5 Å². The van der Waals surface area contributed by atoms with Crippen molar-refractivity contribution < 1.29 is 27.8 Å². The third-order valence-electron chi connectivity index (χ3n) is 8.89. The molecular weight excluding hydrogens is 467 g/mol. The van der Waals surface area contributed by atoms with Crippen molar-refractivity contribution in [3.63, 3.8) is 0 Å². The van der Waals surface area contributed by atoms with Crippen LogP contribution in [0, 0.1) is 11.8 Å². The summed E-state index contributed by atoms with van der Waals surface area (Å²) in [6, 6.07) is 9.12. The highest BCUT2D eigenvalue weighted by Gasteiger charge is 2.42. The van der Waals surface area contributed by atoms with Gasteiger partial charge in [-0.3, -0.25) is 9.69 Å². The fourth-order valence-corrected chi connectivity index (χ4v) is 6.84. The highest BCUT2D eigenvalue weighted by atomic mass is 19.4. The van der Waals surface area contributed by atoms with E-state index < -0.39 is 17.7 Å². The highest BCUT2D eigenvalue weighted by Crippen LogP contribution is 2.43. The van der Waals surface area contributed by atoms with Crippen LogP contribution in [0.15, 0.2) is 30.3 Å². The molecule has 0 radical (unpaired) electrons. The Kier molecular flexibility index (Phi) is 7.21. The van der Waals surface area contributed by atoms with Gasteiger partial charge in [-0.15, -0.1) is 0 Å². The average Bonchev–Trinajstić information content (AvgIpc) is 3.08. The molecule has 1 saturated carbocycles. The Morgan fingerprint density at radius 2 is 1.72 bits per heavy atom. The number of carboxylic acids is 1. The van der Waals surface area contributed by atoms with Crippen LogP contribution in [0.1, 0.15) is 75.8 Å². The van der Waals surface area contributed by atoms with Crippen molar-refractivity contribution in [1.29, 1.82) is 0 Å². The minimum absolute atomic E-state index is 0.0550. The fourth-order valence-electron chi connectivity index (χ4n) is 6.84. The topological polar surface area (TPSA) is 49.8 Å². The Morgan fingerprint density at radius 1 is 1.03 bits per heavy atom. The monoisotopic (exact) mass is 503 g/mol. The summed E-state index contributed by atoms with van der Waals surface area (Å²) in [5.74, 6) is -0.349. The maximum atomic E-state index is 14.2. The molecule has 0 aromatic heterocycles. The highest BCUT2D eigenvalue weighted by molar-refractivity contribution is 5.89. The summed E-state index contributed by atoms with van der Waals surface area (Å²) in [5.41, 5.74) is 0.333.